The van der Waals surface area contributed by atoms with E-state index in [0.717, 1.165) is 12.8 Å². The summed E-state index contributed by atoms with van der Waals surface area (Å²) in [4.78, 5) is 0. The molecule has 1 aliphatic rings. The molecular weight excluding hydrogens is 332 g/mol. The van der Waals surface area contributed by atoms with Crippen molar-refractivity contribution in [2.45, 2.75) is 23.2 Å². The maximum Gasteiger partial charge on any atom is 0.263 e. The van der Waals surface area contributed by atoms with Gasteiger partial charge in [-0.25, -0.2) is 13.1 Å². The molecule has 1 unspecified atom stereocenters. The van der Waals surface area contributed by atoms with Gasteiger partial charge in [0.05, 0.1) is 0 Å². The van der Waals surface area contributed by atoms with Crippen molar-refractivity contribution in [1.82, 2.24) is 19.3 Å². The Labute approximate surface area is 113 Å². The van der Waals surface area contributed by atoms with E-state index in [0.29, 0.717) is 13.1 Å². The van der Waals surface area contributed by atoms with Crippen molar-refractivity contribution in [3.8, 4) is 0 Å². The molecule has 2 heterocycles. The molecule has 1 aliphatic heterocycles. The minimum atomic E-state index is -3.57. The fraction of sp³-hybridized carbons (Fsp3) is 0.750. The number of alkyl halides is 1. The maximum absolute atomic E-state index is 12.4. The van der Waals surface area contributed by atoms with Gasteiger partial charge in [-0.1, -0.05) is 5.21 Å². The molecule has 96 valence electrons. The third-order valence-electron chi connectivity index (χ3n) is 2.65. The summed E-state index contributed by atoms with van der Waals surface area (Å²) in [5.74, 6) is 0. The van der Waals surface area contributed by atoms with Crippen LogP contribution < -0.4 is 0 Å². The van der Waals surface area contributed by atoms with Crippen molar-refractivity contribution >= 4 is 37.6 Å². The summed E-state index contributed by atoms with van der Waals surface area (Å²) in [6, 6.07) is 0. The lowest BCUT2D eigenvalue weighted by atomic mass is 10.2. The molecule has 0 radical (unpaired) electrons. The zero-order valence-electron chi connectivity index (χ0n) is 9.18. The number of sulfonamides is 1. The quantitative estimate of drug-likeness (QED) is 0.750. The molecule has 1 aromatic heterocycles. The van der Waals surface area contributed by atoms with Crippen LogP contribution in [0.4, 0.5) is 0 Å². The van der Waals surface area contributed by atoms with E-state index in [9.17, 15) is 8.42 Å². The van der Waals surface area contributed by atoms with Crippen LogP contribution >= 0.6 is 27.5 Å². The first-order valence-corrected chi connectivity index (χ1v) is 7.79. The van der Waals surface area contributed by atoms with Crippen molar-refractivity contribution in [2.75, 3.05) is 13.1 Å². The topological polar surface area (TPSA) is 68.1 Å². The van der Waals surface area contributed by atoms with E-state index in [1.54, 1.807) is 7.05 Å². The molecule has 1 saturated heterocycles. The first kappa shape index (κ1) is 13.3. The van der Waals surface area contributed by atoms with E-state index in [1.807, 2.05) is 0 Å². The lowest BCUT2D eigenvalue weighted by Gasteiger charge is -2.28. The van der Waals surface area contributed by atoms with Crippen LogP contribution in [0.15, 0.2) is 9.63 Å². The minimum absolute atomic E-state index is 0.0725. The average molecular weight is 344 g/mol. The van der Waals surface area contributed by atoms with Crippen molar-refractivity contribution in [1.29, 1.82) is 0 Å². The second-order valence-electron chi connectivity index (χ2n) is 3.91. The molecule has 0 spiro atoms. The SMILES string of the molecule is Cn1nnc(Br)c1S(=O)(=O)N1CCCC(Cl)C1. The van der Waals surface area contributed by atoms with Crippen LogP contribution in [0.25, 0.3) is 0 Å². The molecule has 0 aliphatic carbocycles. The predicted molar refractivity (Wildman–Crippen MR) is 66.3 cm³/mol. The van der Waals surface area contributed by atoms with Crippen LogP contribution in [-0.2, 0) is 17.1 Å². The minimum Gasteiger partial charge on any atom is -0.235 e. The van der Waals surface area contributed by atoms with E-state index in [2.05, 4.69) is 26.2 Å². The van der Waals surface area contributed by atoms with Gasteiger partial charge >= 0.3 is 0 Å². The molecular formula is C8H12BrClN4O2S. The van der Waals surface area contributed by atoms with Gasteiger partial charge in [0.1, 0.15) is 0 Å². The number of hydrogen-bond acceptors (Lipinski definition) is 4. The van der Waals surface area contributed by atoms with Gasteiger partial charge in [0.15, 0.2) is 4.60 Å². The summed E-state index contributed by atoms with van der Waals surface area (Å²) in [7, 11) is -2.02. The number of nitrogens with zero attached hydrogens (tertiary/aromatic N) is 4. The van der Waals surface area contributed by atoms with Crippen LogP contribution in [-0.4, -0.2) is 46.2 Å². The molecule has 0 N–H and O–H groups in total. The molecule has 1 fully saturated rings. The molecule has 6 nitrogen and oxygen atoms in total. The predicted octanol–water partition coefficient (Wildman–Crippen LogP) is 0.969. The molecule has 17 heavy (non-hydrogen) atoms. The Morgan fingerprint density at radius 1 is 1.53 bits per heavy atom. The lowest BCUT2D eigenvalue weighted by Crippen LogP contribution is -2.41. The van der Waals surface area contributed by atoms with Crippen molar-refractivity contribution in [3.63, 3.8) is 0 Å². The Morgan fingerprint density at radius 2 is 2.24 bits per heavy atom. The Balaban J connectivity index is 2.36. The third-order valence-corrected chi connectivity index (χ3v) is 5.76. The molecule has 9 heteroatoms. The first-order valence-electron chi connectivity index (χ1n) is 5.12. The van der Waals surface area contributed by atoms with Gasteiger partial charge in [-0.15, -0.1) is 16.7 Å². The second-order valence-corrected chi connectivity index (χ2v) is 7.13. The van der Waals surface area contributed by atoms with Crippen LogP contribution in [0.2, 0.25) is 0 Å². The lowest BCUT2D eigenvalue weighted by molar-refractivity contribution is 0.347. The standard InChI is InChI=1S/C8H12BrClN4O2S/c1-13-8(7(9)11-12-13)17(15,16)14-4-2-3-6(10)5-14/h6H,2-5H2,1H3. The molecule has 1 aromatic rings. The number of hydrogen-bond donors (Lipinski definition) is 0. The molecule has 0 amide bonds. The van der Waals surface area contributed by atoms with Gasteiger partial charge in [0.2, 0.25) is 5.03 Å². The zero-order chi connectivity index (χ0) is 12.6. The van der Waals surface area contributed by atoms with E-state index in [4.69, 9.17) is 11.6 Å². The van der Waals surface area contributed by atoms with Crippen molar-refractivity contribution in [3.05, 3.63) is 4.60 Å². The molecule has 0 saturated carbocycles. The van der Waals surface area contributed by atoms with Gasteiger partial charge in [-0.05, 0) is 28.8 Å². The number of rotatable bonds is 2. The van der Waals surface area contributed by atoms with Gasteiger partial charge < -0.3 is 0 Å². The average Bonchev–Trinajstić information content (AvgIpc) is 2.59. The number of aryl methyl sites for hydroxylation is 1. The van der Waals surface area contributed by atoms with Crippen molar-refractivity contribution < 1.29 is 8.42 Å². The highest BCUT2D eigenvalue weighted by Crippen LogP contribution is 2.26. The van der Waals surface area contributed by atoms with Crippen LogP contribution in [0.3, 0.4) is 0 Å². The van der Waals surface area contributed by atoms with Gasteiger partial charge in [-0.3, -0.25) is 0 Å². The summed E-state index contributed by atoms with van der Waals surface area (Å²) in [5, 5.41) is 7.31. The van der Waals surface area contributed by atoms with Gasteiger partial charge in [0.25, 0.3) is 10.0 Å². The van der Waals surface area contributed by atoms with E-state index in [-0.39, 0.29) is 15.0 Å². The van der Waals surface area contributed by atoms with Crippen LogP contribution in [0, 0.1) is 0 Å². The number of aromatic nitrogens is 3. The summed E-state index contributed by atoms with van der Waals surface area (Å²) in [6.45, 7) is 0.824. The normalized spacial score (nSPS) is 22.9. The van der Waals surface area contributed by atoms with E-state index >= 15 is 0 Å². The molecule has 0 bridgehead atoms. The summed E-state index contributed by atoms with van der Waals surface area (Å²) in [6.07, 6.45) is 1.62. The summed E-state index contributed by atoms with van der Waals surface area (Å²) in [5.41, 5.74) is 0. The smallest absolute Gasteiger partial charge is 0.235 e. The van der Waals surface area contributed by atoms with Gasteiger partial charge in [0, 0.05) is 25.5 Å². The Hall–Kier alpha value is -0.180. The number of piperidine rings is 1. The fourth-order valence-electron chi connectivity index (χ4n) is 1.83. The molecule has 2 rings (SSSR count). The Kier molecular flexibility index (Phi) is 3.77. The molecule has 0 aromatic carbocycles. The summed E-state index contributed by atoms with van der Waals surface area (Å²) >= 11 is 9.10. The fourth-order valence-corrected chi connectivity index (χ4v) is 4.79. The Morgan fingerprint density at radius 3 is 2.76 bits per heavy atom. The van der Waals surface area contributed by atoms with Crippen LogP contribution in [0.5, 0.6) is 0 Å². The van der Waals surface area contributed by atoms with E-state index in [1.165, 1.54) is 8.99 Å². The van der Waals surface area contributed by atoms with Crippen molar-refractivity contribution in [2.24, 2.45) is 7.05 Å². The summed E-state index contributed by atoms with van der Waals surface area (Å²) < 4.78 is 27.6. The number of halogens is 2. The highest BCUT2D eigenvalue weighted by molar-refractivity contribution is 9.10. The first-order chi connectivity index (χ1) is 7.93. The maximum atomic E-state index is 12.4. The third kappa shape index (κ3) is 2.49. The Bertz CT molecular complexity index is 498. The van der Waals surface area contributed by atoms with E-state index < -0.39 is 10.0 Å². The zero-order valence-corrected chi connectivity index (χ0v) is 12.3. The largest absolute Gasteiger partial charge is 0.263 e. The molecule has 1 atom stereocenters. The highest BCUT2D eigenvalue weighted by atomic mass is 79.9. The van der Waals surface area contributed by atoms with Crippen LogP contribution in [0.1, 0.15) is 12.8 Å². The monoisotopic (exact) mass is 342 g/mol. The van der Waals surface area contributed by atoms with Gasteiger partial charge in [-0.2, -0.15) is 4.31 Å². The second kappa shape index (κ2) is 4.83. The highest BCUT2D eigenvalue weighted by Gasteiger charge is 2.33.